The van der Waals surface area contributed by atoms with Crippen molar-refractivity contribution in [3.8, 4) is 11.5 Å². The minimum Gasteiger partial charge on any atom is -0.493 e. The molecule has 1 aliphatic rings. The van der Waals surface area contributed by atoms with E-state index in [9.17, 15) is 9.59 Å². The SMILES string of the molecule is COc1ccc(C(=O)Nc2c(Cl)cncc2Cl)c2c1OC(C)C2C(=O)NCc1cccnc1. The van der Waals surface area contributed by atoms with Gasteiger partial charge in [0, 0.05) is 42.5 Å². The van der Waals surface area contributed by atoms with Crippen molar-refractivity contribution in [1.29, 1.82) is 0 Å². The fraction of sp³-hybridized carbons (Fsp3) is 0.217. The highest BCUT2D eigenvalue weighted by Crippen LogP contribution is 2.46. The highest BCUT2D eigenvalue weighted by molar-refractivity contribution is 6.39. The Morgan fingerprint density at radius 3 is 2.55 bits per heavy atom. The zero-order valence-electron chi connectivity index (χ0n) is 17.8. The first-order valence-corrected chi connectivity index (χ1v) is 10.8. The van der Waals surface area contributed by atoms with Crippen molar-refractivity contribution in [1.82, 2.24) is 15.3 Å². The van der Waals surface area contributed by atoms with Gasteiger partial charge in [-0.25, -0.2) is 0 Å². The maximum atomic E-state index is 13.2. The van der Waals surface area contributed by atoms with E-state index in [1.165, 1.54) is 19.5 Å². The molecule has 10 heteroatoms. The average molecular weight is 487 g/mol. The van der Waals surface area contributed by atoms with Gasteiger partial charge >= 0.3 is 0 Å². The van der Waals surface area contributed by atoms with Crippen molar-refractivity contribution < 1.29 is 19.1 Å². The zero-order chi connectivity index (χ0) is 23.5. The van der Waals surface area contributed by atoms with Gasteiger partial charge in [0.15, 0.2) is 11.5 Å². The van der Waals surface area contributed by atoms with Crippen LogP contribution in [-0.4, -0.2) is 35.0 Å². The van der Waals surface area contributed by atoms with Gasteiger partial charge in [0.2, 0.25) is 5.91 Å². The van der Waals surface area contributed by atoms with Crippen LogP contribution >= 0.6 is 23.2 Å². The number of halogens is 2. The van der Waals surface area contributed by atoms with Gasteiger partial charge < -0.3 is 20.1 Å². The fourth-order valence-corrected chi connectivity index (χ4v) is 4.17. The maximum absolute atomic E-state index is 13.2. The number of amides is 2. The summed E-state index contributed by atoms with van der Waals surface area (Å²) in [5, 5.41) is 6.00. The Morgan fingerprint density at radius 1 is 1.12 bits per heavy atom. The second-order valence-electron chi connectivity index (χ2n) is 7.37. The monoisotopic (exact) mass is 486 g/mol. The number of hydrogen-bond donors (Lipinski definition) is 2. The van der Waals surface area contributed by atoms with Gasteiger partial charge in [-0.1, -0.05) is 29.3 Å². The lowest BCUT2D eigenvalue weighted by molar-refractivity contribution is -0.123. The van der Waals surface area contributed by atoms with E-state index in [4.69, 9.17) is 32.7 Å². The molecule has 2 N–H and O–H groups in total. The summed E-state index contributed by atoms with van der Waals surface area (Å²) in [7, 11) is 1.50. The van der Waals surface area contributed by atoms with Crippen molar-refractivity contribution in [2.45, 2.75) is 25.5 Å². The number of anilines is 1. The molecule has 8 nitrogen and oxygen atoms in total. The number of carbonyl (C=O) groups is 2. The number of rotatable bonds is 6. The Hall–Kier alpha value is -3.36. The molecule has 0 aliphatic carbocycles. The van der Waals surface area contributed by atoms with E-state index < -0.39 is 17.9 Å². The van der Waals surface area contributed by atoms with Gasteiger partial charge in [0.1, 0.15) is 12.0 Å². The Morgan fingerprint density at radius 2 is 1.88 bits per heavy atom. The highest BCUT2D eigenvalue weighted by atomic mass is 35.5. The van der Waals surface area contributed by atoms with Crippen LogP contribution in [0.15, 0.2) is 49.1 Å². The molecule has 0 saturated carbocycles. The first-order chi connectivity index (χ1) is 15.9. The topological polar surface area (TPSA) is 102 Å². The molecular formula is C23H20Cl2N4O4. The minimum atomic E-state index is -0.740. The van der Waals surface area contributed by atoms with E-state index in [0.717, 1.165) is 5.56 Å². The Bertz CT molecular complexity index is 1190. The molecule has 2 aromatic heterocycles. The number of methoxy groups -OCH3 is 1. The van der Waals surface area contributed by atoms with Gasteiger partial charge in [0.25, 0.3) is 5.91 Å². The van der Waals surface area contributed by atoms with Crippen molar-refractivity contribution in [3.63, 3.8) is 0 Å². The van der Waals surface area contributed by atoms with Gasteiger partial charge in [-0.3, -0.25) is 19.6 Å². The van der Waals surface area contributed by atoms with Crippen LogP contribution in [0.25, 0.3) is 0 Å². The Kier molecular flexibility index (Phi) is 6.67. The van der Waals surface area contributed by atoms with Crippen LogP contribution in [-0.2, 0) is 11.3 Å². The number of nitrogens with one attached hydrogen (secondary N) is 2. The number of hydrogen-bond acceptors (Lipinski definition) is 6. The minimum absolute atomic E-state index is 0.191. The molecule has 0 spiro atoms. The Balaban J connectivity index is 1.67. The van der Waals surface area contributed by atoms with Crippen LogP contribution in [0.1, 0.15) is 34.3 Å². The van der Waals surface area contributed by atoms with Crippen LogP contribution in [0.3, 0.4) is 0 Å². The maximum Gasteiger partial charge on any atom is 0.256 e. The summed E-state index contributed by atoms with van der Waals surface area (Å²) in [5.74, 6) is -0.739. The summed E-state index contributed by atoms with van der Waals surface area (Å²) in [5.41, 5.74) is 1.76. The number of pyridine rings is 2. The molecule has 0 fully saturated rings. The van der Waals surface area contributed by atoms with Crippen LogP contribution < -0.4 is 20.1 Å². The molecule has 33 heavy (non-hydrogen) atoms. The highest BCUT2D eigenvalue weighted by Gasteiger charge is 2.41. The summed E-state index contributed by atoms with van der Waals surface area (Å²) in [6.45, 7) is 2.06. The standard InChI is InChI=1S/C23H20Cl2N4O4/c1-12-18(23(31)28-9-13-4-3-7-26-8-13)19-14(5-6-17(32-2)21(19)33-12)22(30)29-20-15(24)10-27-11-16(20)25/h3-8,10-12,18H,9H2,1-2H3,(H,28,31)(H,27,29,30). The third kappa shape index (κ3) is 4.58. The van der Waals surface area contributed by atoms with Gasteiger partial charge in [-0.15, -0.1) is 0 Å². The molecule has 2 amide bonds. The van der Waals surface area contributed by atoms with E-state index in [1.807, 2.05) is 6.07 Å². The second kappa shape index (κ2) is 9.64. The summed E-state index contributed by atoms with van der Waals surface area (Å²) in [4.78, 5) is 34.4. The fourth-order valence-electron chi connectivity index (χ4n) is 3.71. The molecular weight excluding hydrogens is 467 g/mol. The summed E-state index contributed by atoms with van der Waals surface area (Å²) in [6.07, 6.45) is 5.56. The lowest BCUT2D eigenvalue weighted by Gasteiger charge is -2.17. The summed E-state index contributed by atoms with van der Waals surface area (Å²) < 4.78 is 11.4. The number of fused-ring (bicyclic) bond motifs is 1. The third-order valence-electron chi connectivity index (χ3n) is 5.27. The van der Waals surface area contributed by atoms with E-state index in [-0.39, 0.29) is 27.2 Å². The molecule has 170 valence electrons. The van der Waals surface area contributed by atoms with Crippen LogP contribution in [0.5, 0.6) is 11.5 Å². The number of aromatic nitrogens is 2. The molecule has 0 saturated heterocycles. The molecule has 2 unspecified atom stereocenters. The third-order valence-corrected chi connectivity index (χ3v) is 5.85. The smallest absolute Gasteiger partial charge is 0.256 e. The Labute approximate surface area is 200 Å². The van der Waals surface area contributed by atoms with Crippen LogP contribution in [0, 0.1) is 0 Å². The van der Waals surface area contributed by atoms with Crippen molar-refractivity contribution in [3.05, 3.63) is 75.8 Å². The molecule has 0 radical (unpaired) electrons. The molecule has 4 rings (SSSR count). The van der Waals surface area contributed by atoms with Crippen LogP contribution in [0.4, 0.5) is 5.69 Å². The lowest BCUT2D eigenvalue weighted by Crippen LogP contribution is -2.34. The first-order valence-electron chi connectivity index (χ1n) is 10.0. The number of benzene rings is 1. The lowest BCUT2D eigenvalue weighted by atomic mass is 9.90. The molecule has 2 atom stereocenters. The summed E-state index contributed by atoms with van der Waals surface area (Å²) >= 11 is 12.3. The molecule has 3 heterocycles. The molecule has 0 bridgehead atoms. The quantitative estimate of drug-likeness (QED) is 0.540. The van der Waals surface area contributed by atoms with Crippen molar-refractivity contribution >= 4 is 40.7 Å². The van der Waals surface area contributed by atoms with E-state index >= 15 is 0 Å². The first kappa shape index (κ1) is 22.8. The largest absolute Gasteiger partial charge is 0.493 e. The predicted octanol–water partition coefficient (Wildman–Crippen LogP) is 4.23. The number of ether oxygens (including phenoxy) is 2. The van der Waals surface area contributed by atoms with E-state index in [2.05, 4.69) is 20.6 Å². The summed E-state index contributed by atoms with van der Waals surface area (Å²) in [6, 6.07) is 6.85. The number of carbonyl (C=O) groups excluding carboxylic acids is 2. The predicted molar refractivity (Wildman–Crippen MR) is 124 cm³/mol. The molecule has 1 aliphatic heterocycles. The molecule has 1 aromatic carbocycles. The van der Waals surface area contributed by atoms with E-state index in [1.54, 1.807) is 37.5 Å². The van der Waals surface area contributed by atoms with Crippen molar-refractivity contribution in [2.24, 2.45) is 0 Å². The zero-order valence-corrected chi connectivity index (χ0v) is 19.3. The van der Waals surface area contributed by atoms with Gasteiger partial charge in [-0.05, 0) is 30.7 Å². The van der Waals surface area contributed by atoms with E-state index in [0.29, 0.717) is 23.6 Å². The van der Waals surface area contributed by atoms with Gasteiger partial charge in [-0.2, -0.15) is 0 Å². The van der Waals surface area contributed by atoms with Crippen molar-refractivity contribution in [2.75, 3.05) is 12.4 Å². The second-order valence-corrected chi connectivity index (χ2v) is 8.18. The average Bonchev–Trinajstić information content (AvgIpc) is 3.16. The molecule has 3 aromatic rings. The van der Waals surface area contributed by atoms with Gasteiger partial charge in [0.05, 0.1) is 22.8 Å². The van der Waals surface area contributed by atoms with Crippen LogP contribution in [0.2, 0.25) is 10.0 Å². The number of nitrogens with zero attached hydrogens (tertiary/aromatic N) is 2. The normalized spacial score (nSPS) is 16.5.